The van der Waals surface area contributed by atoms with Gasteiger partial charge in [-0.15, -0.1) is 11.3 Å². The molecule has 166 valence electrons. The molecule has 0 aliphatic heterocycles. The first-order valence-electron chi connectivity index (χ1n) is 11.0. The smallest absolute Gasteiger partial charge is 0.261 e. The van der Waals surface area contributed by atoms with Crippen LogP contribution >= 0.6 is 11.3 Å². The van der Waals surface area contributed by atoms with Crippen LogP contribution in [-0.2, 0) is 13.0 Å². The van der Waals surface area contributed by atoms with E-state index in [1.54, 1.807) is 0 Å². The molecule has 4 aromatic rings. The van der Waals surface area contributed by atoms with Crippen molar-refractivity contribution in [3.05, 3.63) is 81.8 Å². The number of nitrogens with one attached hydrogen (secondary N) is 1. The average Bonchev–Trinajstić information content (AvgIpc) is 3.42. The van der Waals surface area contributed by atoms with E-state index < -0.39 is 0 Å². The van der Waals surface area contributed by atoms with Crippen LogP contribution in [0.15, 0.2) is 60.0 Å². The predicted octanol–water partition coefficient (Wildman–Crippen LogP) is 5.58. The Morgan fingerprint density at radius 1 is 1.16 bits per heavy atom. The van der Waals surface area contributed by atoms with Crippen LogP contribution in [0.3, 0.4) is 0 Å². The monoisotopic (exact) mass is 447 g/mol. The van der Waals surface area contributed by atoms with Crippen LogP contribution in [0.25, 0.3) is 11.0 Å². The zero-order chi connectivity index (χ0) is 22.5. The number of para-hydroxylation sites is 2. The number of imidazole rings is 1. The molecule has 2 aromatic heterocycles. The normalized spacial score (nSPS) is 11.2. The highest BCUT2D eigenvalue weighted by molar-refractivity contribution is 7.12. The molecule has 1 amide bonds. The van der Waals surface area contributed by atoms with Crippen LogP contribution in [0.2, 0.25) is 0 Å². The fourth-order valence-electron chi connectivity index (χ4n) is 3.84. The number of aromatic nitrogens is 2. The Labute approximate surface area is 193 Å². The van der Waals surface area contributed by atoms with Gasteiger partial charge in [-0.1, -0.05) is 44.2 Å². The number of hydrogen-bond acceptors (Lipinski definition) is 4. The van der Waals surface area contributed by atoms with Gasteiger partial charge < -0.3 is 14.6 Å². The largest absolute Gasteiger partial charge is 0.491 e. The van der Waals surface area contributed by atoms with Crippen LogP contribution in [0.4, 0.5) is 0 Å². The van der Waals surface area contributed by atoms with Crippen molar-refractivity contribution in [1.82, 2.24) is 14.9 Å². The summed E-state index contributed by atoms with van der Waals surface area (Å²) in [6.45, 7) is 8.24. The molecule has 2 aromatic carbocycles. The van der Waals surface area contributed by atoms with Gasteiger partial charge in [0, 0.05) is 13.0 Å². The second kappa shape index (κ2) is 10.0. The Morgan fingerprint density at radius 2 is 2.00 bits per heavy atom. The summed E-state index contributed by atoms with van der Waals surface area (Å²) in [4.78, 5) is 17.8. The lowest BCUT2D eigenvalue weighted by Gasteiger charge is -2.16. The first-order chi connectivity index (χ1) is 15.5. The summed E-state index contributed by atoms with van der Waals surface area (Å²) in [6.07, 6.45) is 0.660. The first kappa shape index (κ1) is 22.1. The van der Waals surface area contributed by atoms with Gasteiger partial charge in [0.1, 0.15) is 18.2 Å². The molecular formula is C26H29N3O2S. The summed E-state index contributed by atoms with van der Waals surface area (Å²) < 4.78 is 8.44. The third-order valence-electron chi connectivity index (χ3n) is 5.48. The van der Waals surface area contributed by atoms with E-state index in [1.807, 2.05) is 35.7 Å². The second-order valence-corrected chi connectivity index (χ2v) is 9.14. The number of ether oxygens (including phenoxy) is 1. The van der Waals surface area contributed by atoms with Gasteiger partial charge in [0.15, 0.2) is 0 Å². The molecule has 6 heteroatoms. The Balaban J connectivity index is 1.46. The number of carbonyl (C=O) groups is 1. The number of fused-ring (bicyclic) bond motifs is 1. The Bertz CT molecular complexity index is 1200. The van der Waals surface area contributed by atoms with E-state index in [9.17, 15) is 4.79 Å². The maximum atomic E-state index is 12.2. The van der Waals surface area contributed by atoms with Crippen molar-refractivity contribution < 1.29 is 9.53 Å². The van der Waals surface area contributed by atoms with Crippen LogP contribution in [0.1, 0.15) is 46.4 Å². The highest BCUT2D eigenvalue weighted by Crippen LogP contribution is 2.27. The third kappa shape index (κ3) is 5.02. The standard InChI is InChI=1S/C26H29N3O2S/c1-18(2)20-11-10-19(3)17-23(20)31-15-14-29-22-8-5-4-7-21(22)28-25(29)12-13-27-26(30)24-9-6-16-32-24/h4-11,16-18H,12-15H2,1-3H3,(H,27,30). The Kier molecular flexibility index (Phi) is 6.90. The van der Waals surface area contributed by atoms with Crippen LogP contribution in [0, 0.1) is 6.92 Å². The van der Waals surface area contributed by atoms with Crippen molar-refractivity contribution in [1.29, 1.82) is 0 Å². The Hall–Kier alpha value is -3.12. The van der Waals surface area contributed by atoms with Crippen LogP contribution < -0.4 is 10.1 Å². The van der Waals surface area contributed by atoms with Gasteiger partial charge in [-0.25, -0.2) is 4.98 Å². The molecule has 0 atom stereocenters. The zero-order valence-electron chi connectivity index (χ0n) is 18.8. The Morgan fingerprint density at radius 3 is 2.78 bits per heavy atom. The average molecular weight is 448 g/mol. The molecule has 0 saturated heterocycles. The van der Waals surface area contributed by atoms with Gasteiger partial charge in [0.25, 0.3) is 5.91 Å². The lowest BCUT2D eigenvalue weighted by atomic mass is 10.0. The zero-order valence-corrected chi connectivity index (χ0v) is 19.6. The molecule has 5 nitrogen and oxygen atoms in total. The molecule has 0 spiro atoms. The summed E-state index contributed by atoms with van der Waals surface area (Å²) in [5.74, 6) is 2.28. The topological polar surface area (TPSA) is 56.1 Å². The van der Waals surface area contributed by atoms with Gasteiger partial charge in [0.2, 0.25) is 0 Å². The number of rotatable bonds is 9. The van der Waals surface area contributed by atoms with Crippen molar-refractivity contribution in [3.8, 4) is 5.75 Å². The third-order valence-corrected chi connectivity index (χ3v) is 6.34. The fraction of sp³-hybridized carbons (Fsp3) is 0.308. The number of amides is 1. The number of carbonyl (C=O) groups excluding carboxylic acids is 1. The van der Waals surface area contributed by atoms with Crippen molar-refractivity contribution in [3.63, 3.8) is 0 Å². The van der Waals surface area contributed by atoms with E-state index in [2.05, 4.69) is 54.9 Å². The minimum absolute atomic E-state index is 0.0355. The SMILES string of the molecule is Cc1ccc(C(C)C)c(OCCn2c(CCNC(=O)c3cccs3)nc3ccccc32)c1. The highest BCUT2D eigenvalue weighted by Gasteiger charge is 2.13. The summed E-state index contributed by atoms with van der Waals surface area (Å²) in [7, 11) is 0. The minimum atomic E-state index is -0.0355. The lowest BCUT2D eigenvalue weighted by Crippen LogP contribution is -2.26. The van der Waals surface area contributed by atoms with E-state index >= 15 is 0 Å². The van der Waals surface area contributed by atoms with Crippen molar-refractivity contribution >= 4 is 28.3 Å². The molecule has 0 saturated carbocycles. The van der Waals surface area contributed by atoms with E-state index in [1.165, 1.54) is 22.5 Å². The molecule has 4 rings (SSSR count). The molecule has 1 N–H and O–H groups in total. The van der Waals surface area contributed by atoms with Gasteiger partial charge >= 0.3 is 0 Å². The van der Waals surface area contributed by atoms with Gasteiger partial charge in [0.05, 0.1) is 22.5 Å². The molecule has 0 aliphatic carbocycles. The number of hydrogen-bond donors (Lipinski definition) is 1. The maximum absolute atomic E-state index is 12.2. The summed E-state index contributed by atoms with van der Waals surface area (Å²) >= 11 is 1.45. The molecule has 0 bridgehead atoms. The minimum Gasteiger partial charge on any atom is -0.491 e. The molecule has 2 heterocycles. The van der Waals surface area contributed by atoms with Gasteiger partial charge in [-0.3, -0.25) is 4.79 Å². The molecule has 0 fully saturated rings. The summed E-state index contributed by atoms with van der Waals surface area (Å²) in [5.41, 5.74) is 4.47. The van der Waals surface area contributed by atoms with Gasteiger partial charge in [-0.05, 0) is 53.6 Å². The van der Waals surface area contributed by atoms with Crippen molar-refractivity contribution in [2.24, 2.45) is 0 Å². The number of aryl methyl sites for hydroxylation is 1. The van der Waals surface area contributed by atoms with E-state index in [0.717, 1.165) is 27.5 Å². The van der Waals surface area contributed by atoms with Crippen molar-refractivity contribution in [2.45, 2.75) is 39.7 Å². The van der Waals surface area contributed by atoms with Crippen LogP contribution in [-0.4, -0.2) is 28.6 Å². The quantitative estimate of drug-likeness (QED) is 0.364. The van der Waals surface area contributed by atoms with E-state index in [-0.39, 0.29) is 5.91 Å². The molecule has 0 unspecified atom stereocenters. The number of nitrogens with zero attached hydrogens (tertiary/aromatic N) is 2. The van der Waals surface area contributed by atoms with E-state index in [0.29, 0.717) is 32.0 Å². The molecule has 0 radical (unpaired) electrons. The summed E-state index contributed by atoms with van der Waals surface area (Å²) in [5, 5.41) is 4.91. The summed E-state index contributed by atoms with van der Waals surface area (Å²) in [6, 6.07) is 18.3. The van der Waals surface area contributed by atoms with Gasteiger partial charge in [-0.2, -0.15) is 0 Å². The molecule has 32 heavy (non-hydrogen) atoms. The lowest BCUT2D eigenvalue weighted by molar-refractivity contribution is 0.0958. The van der Waals surface area contributed by atoms with E-state index in [4.69, 9.17) is 9.72 Å². The number of thiophene rings is 1. The van der Waals surface area contributed by atoms with Crippen molar-refractivity contribution in [2.75, 3.05) is 13.2 Å². The highest BCUT2D eigenvalue weighted by atomic mass is 32.1. The maximum Gasteiger partial charge on any atom is 0.261 e. The number of benzene rings is 2. The fourth-order valence-corrected chi connectivity index (χ4v) is 4.48. The van der Waals surface area contributed by atoms with Crippen LogP contribution in [0.5, 0.6) is 5.75 Å². The predicted molar refractivity (Wildman–Crippen MR) is 131 cm³/mol. The first-order valence-corrected chi connectivity index (χ1v) is 11.9. The second-order valence-electron chi connectivity index (χ2n) is 8.20. The molecule has 0 aliphatic rings. The molecular weight excluding hydrogens is 418 g/mol.